The summed E-state index contributed by atoms with van der Waals surface area (Å²) in [5, 5.41) is 4.54. The number of fused-ring (bicyclic) bond motifs is 3. The first kappa shape index (κ1) is 24.1. The second kappa shape index (κ2) is 10.3. The summed E-state index contributed by atoms with van der Waals surface area (Å²) in [6, 6.07) is 29.5. The standard InChI is InChI=1S/C32H27BrClNO2/c1-36-30-18-23(17-27(33)32(30)37-19-22-10-5-6-13-28(22)34)31-25-12-7-11-24(25)26-16-21(14-15-29(26)35-31)20-8-3-2-4-9-20/h2-11,13-18,24-25,31,35H,12,19H2,1H3/t24-,25-,31+/m1/s1. The Labute approximate surface area is 231 Å². The monoisotopic (exact) mass is 571 g/mol. The van der Waals surface area contributed by atoms with Crippen molar-refractivity contribution >= 4 is 33.2 Å². The van der Waals surface area contributed by atoms with Gasteiger partial charge in [0.1, 0.15) is 6.61 Å². The molecule has 5 heteroatoms. The lowest BCUT2D eigenvalue weighted by Gasteiger charge is -2.38. The molecule has 1 aliphatic heterocycles. The van der Waals surface area contributed by atoms with Crippen molar-refractivity contribution < 1.29 is 9.47 Å². The summed E-state index contributed by atoms with van der Waals surface area (Å²) >= 11 is 10.1. The van der Waals surface area contributed by atoms with Gasteiger partial charge in [0.05, 0.1) is 17.6 Å². The largest absolute Gasteiger partial charge is 0.493 e. The first-order valence-electron chi connectivity index (χ1n) is 12.5. The lowest BCUT2D eigenvalue weighted by molar-refractivity contribution is 0.282. The number of hydrogen-bond acceptors (Lipinski definition) is 3. The van der Waals surface area contributed by atoms with E-state index in [0.717, 1.165) is 16.5 Å². The average Bonchev–Trinajstić information content (AvgIpc) is 3.43. The van der Waals surface area contributed by atoms with Crippen LogP contribution >= 0.6 is 27.5 Å². The van der Waals surface area contributed by atoms with E-state index in [1.807, 2.05) is 24.3 Å². The van der Waals surface area contributed by atoms with Gasteiger partial charge in [0.25, 0.3) is 0 Å². The lowest BCUT2D eigenvalue weighted by Crippen LogP contribution is -2.29. The van der Waals surface area contributed by atoms with Crippen LogP contribution in [0.15, 0.2) is 102 Å². The van der Waals surface area contributed by atoms with Crippen LogP contribution in [0.3, 0.4) is 0 Å². The van der Waals surface area contributed by atoms with Gasteiger partial charge in [-0.3, -0.25) is 0 Å². The summed E-state index contributed by atoms with van der Waals surface area (Å²) in [6.45, 7) is 0.363. The van der Waals surface area contributed by atoms with Crippen molar-refractivity contribution in [2.75, 3.05) is 12.4 Å². The first-order valence-corrected chi connectivity index (χ1v) is 13.7. The van der Waals surface area contributed by atoms with Crippen molar-refractivity contribution in [3.63, 3.8) is 0 Å². The number of benzene rings is 4. The quantitative estimate of drug-likeness (QED) is 0.234. The summed E-state index contributed by atoms with van der Waals surface area (Å²) in [5.41, 5.74) is 7.15. The van der Waals surface area contributed by atoms with E-state index >= 15 is 0 Å². The highest BCUT2D eigenvalue weighted by Gasteiger charge is 2.38. The smallest absolute Gasteiger partial charge is 0.175 e. The Morgan fingerprint density at radius 3 is 2.57 bits per heavy atom. The van der Waals surface area contributed by atoms with Crippen LogP contribution in [0, 0.1) is 5.92 Å². The van der Waals surface area contributed by atoms with Crippen molar-refractivity contribution in [1.82, 2.24) is 0 Å². The molecule has 0 unspecified atom stereocenters. The van der Waals surface area contributed by atoms with Crippen molar-refractivity contribution in [3.05, 3.63) is 123 Å². The molecule has 3 nitrogen and oxygen atoms in total. The Morgan fingerprint density at radius 1 is 0.946 bits per heavy atom. The molecule has 3 atom stereocenters. The predicted molar refractivity (Wildman–Crippen MR) is 155 cm³/mol. The topological polar surface area (TPSA) is 30.5 Å². The highest BCUT2D eigenvalue weighted by atomic mass is 79.9. The number of anilines is 1. The second-order valence-corrected chi connectivity index (χ2v) is 10.8. The van der Waals surface area contributed by atoms with Crippen LogP contribution in [0.1, 0.15) is 35.1 Å². The summed E-state index contributed by atoms with van der Waals surface area (Å²) in [6.07, 6.45) is 5.73. The van der Waals surface area contributed by atoms with Gasteiger partial charge in [-0.25, -0.2) is 0 Å². The Bertz CT molecular complexity index is 1470. The number of nitrogens with one attached hydrogen (secondary N) is 1. The average molecular weight is 573 g/mol. The van der Waals surface area contributed by atoms with Gasteiger partial charge in [0.2, 0.25) is 0 Å². The summed E-state index contributed by atoms with van der Waals surface area (Å²) in [7, 11) is 1.68. The Morgan fingerprint density at radius 2 is 1.76 bits per heavy atom. The molecule has 0 saturated carbocycles. The van der Waals surface area contributed by atoms with E-state index in [2.05, 4.69) is 94.1 Å². The normalized spacial score (nSPS) is 19.6. The van der Waals surface area contributed by atoms with Crippen LogP contribution in [0.4, 0.5) is 5.69 Å². The fourth-order valence-electron chi connectivity index (χ4n) is 5.56. The Balaban J connectivity index is 1.31. The highest BCUT2D eigenvalue weighted by molar-refractivity contribution is 9.10. The van der Waals surface area contributed by atoms with Gasteiger partial charge >= 0.3 is 0 Å². The van der Waals surface area contributed by atoms with E-state index in [-0.39, 0.29) is 6.04 Å². The van der Waals surface area contributed by atoms with Crippen LogP contribution in [0.25, 0.3) is 11.1 Å². The van der Waals surface area contributed by atoms with Gasteiger partial charge in [-0.1, -0.05) is 78.4 Å². The maximum absolute atomic E-state index is 6.33. The minimum Gasteiger partial charge on any atom is -0.493 e. The molecule has 4 aromatic carbocycles. The molecule has 0 spiro atoms. The molecular weight excluding hydrogens is 546 g/mol. The van der Waals surface area contributed by atoms with E-state index in [0.29, 0.717) is 35.0 Å². The van der Waals surface area contributed by atoms with Gasteiger partial charge < -0.3 is 14.8 Å². The first-order chi connectivity index (χ1) is 18.1. The van der Waals surface area contributed by atoms with Crippen LogP contribution < -0.4 is 14.8 Å². The molecule has 37 heavy (non-hydrogen) atoms. The van der Waals surface area contributed by atoms with Crippen LogP contribution in [0.2, 0.25) is 5.02 Å². The molecule has 0 aromatic heterocycles. The zero-order chi connectivity index (χ0) is 25.4. The molecular formula is C32H27BrClNO2. The third-order valence-corrected chi connectivity index (χ3v) is 8.37. The van der Waals surface area contributed by atoms with E-state index in [1.54, 1.807) is 7.11 Å². The van der Waals surface area contributed by atoms with Gasteiger partial charge in [-0.2, -0.15) is 0 Å². The maximum Gasteiger partial charge on any atom is 0.175 e. The van der Waals surface area contributed by atoms with E-state index in [9.17, 15) is 0 Å². The molecule has 1 N–H and O–H groups in total. The third-order valence-electron chi connectivity index (χ3n) is 7.41. The zero-order valence-corrected chi connectivity index (χ0v) is 22.8. The summed E-state index contributed by atoms with van der Waals surface area (Å²) in [5.74, 6) is 2.16. The van der Waals surface area contributed by atoms with Gasteiger partial charge in [-0.05, 0) is 80.9 Å². The number of methoxy groups -OCH3 is 1. The number of halogens is 2. The molecule has 186 valence electrons. The number of allylic oxidation sites excluding steroid dienone is 2. The van der Waals surface area contributed by atoms with Gasteiger partial charge in [-0.15, -0.1) is 0 Å². The van der Waals surface area contributed by atoms with Crippen molar-refractivity contribution in [3.8, 4) is 22.6 Å². The molecule has 0 amide bonds. The lowest BCUT2D eigenvalue weighted by atomic mass is 9.76. The van der Waals surface area contributed by atoms with Crippen LogP contribution in [-0.4, -0.2) is 7.11 Å². The minimum atomic E-state index is 0.151. The third kappa shape index (κ3) is 4.65. The van der Waals surface area contributed by atoms with E-state index in [4.69, 9.17) is 21.1 Å². The van der Waals surface area contributed by atoms with Crippen molar-refractivity contribution in [1.29, 1.82) is 0 Å². The van der Waals surface area contributed by atoms with Crippen molar-refractivity contribution in [2.24, 2.45) is 5.92 Å². The number of ether oxygens (including phenoxy) is 2. The van der Waals surface area contributed by atoms with Crippen molar-refractivity contribution in [2.45, 2.75) is 25.0 Å². The van der Waals surface area contributed by atoms with E-state index in [1.165, 1.54) is 27.9 Å². The van der Waals surface area contributed by atoms with Crippen LogP contribution in [0.5, 0.6) is 11.5 Å². The maximum atomic E-state index is 6.33. The number of hydrogen-bond donors (Lipinski definition) is 1. The summed E-state index contributed by atoms with van der Waals surface area (Å²) in [4.78, 5) is 0. The molecule has 6 rings (SSSR count). The molecule has 0 saturated heterocycles. The van der Waals surface area contributed by atoms with E-state index < -0.39 is 0 Å². The fourth-order valence-corrected chi connectivity index (χ4v) is 6.32. The van der Waals surface area contributed by atoms with Gasteiger partial charge in [0.15, 0.2) is 11.5 Å². The van der Waals surface area contributed by atoms with Gasteiger partial charge in [0, 0.05) is 22.2 Å². The molecule has 0 bridgehead atoms. The number of rotatable bonds is 6. The SMILES string of the molecule is COc1cc([C@@H]2Nc3ccc(-c4ccccc4)cc3[C@@H]3C=CC[C@H]32)cc(Br)c1OCc1ccccc1Cl. The fraction of sp³-hybridized carbons (Fsp3) is 0.188. The highest BCUT2D eigenvalue weighted by Crippen LogP contribution is 2.52. The van der Waals surface area contributed by atoms with Crippen LogP contribution in [-0.2, 0) is 6.61 Å². The Kier molecular flexibility index (Phi) is 6.71. The summed E-state index contributed by atoms with van der Waals surface area (Å²) < 4.78 is 12.8. The predicted octanol–water partition coefficient (Wildman–Crippen LogP) is 9.18. The zero-order valence-electron chi connectivity index (χ0n) is 20.5. The molecule has 1 heterocycles. The molecule has 0 radical (unpaired) electrons. The molecule has 1 aliphatic carbocycles. The molecule has 4 aromatic rings. The Hall–Kier alpha value is -3.21. The molecule has 0 fully saturated rings. The molecule has 2 aliphatic rings. The second-order valence-electron chi connectivity index (χ2n) is 9.56. The minimum absolute atomic E-state index is 0.151.